The first-order chi connectivity index (χ1) is 17.8. The summed E-state index contributed by atoms with van der Waals surface area (Å²) in [5.41, 5.74) is 1.13. The van der Waals surface area contributed by atoms with Crippen molar-refractivity contribution in [1.82, 2.24) is 4.90 Å². The lowest BCUT2D eigenvalue weighted by Gasteiger charge is -2.20. The van der Waals surface area contributed by atoms with Crippen LogP contribution in [0.1, 0.15) is 108 Å². The van der Waals surface area contributed by atoms with Crippen LogP contribution >= 0.6 is 11.6 Å². The molecule has 3 nitrogen and oxygen atoms in total. The van der Waals surface area contributed by atoms with E-state index >= 15 is 0 Å². The number of anilines is 1. The van der Waals surface area contributed by atoms with Gasteiger partial charge in [-0.2, -0.15) is 0 Å². The lowest BCUT2D eigenvalue weighted by atomic mass is 9.98. The first-order valence-electron chi connectivity index (χ1n) is 14.1. The standard InChI is InChI=1S/C22H25ClF2N2O.C7H16.C2H6/c1-3-4-11-26(2)12-10-15-14-27(20-9-8-16(23)13-17(15)20)22(28)21-18(24)6-5-7-19(21)25;1-3-5-7-6-4-2;1-2/h5-9,13,15H,3-4,10-12,14H2,1-2H3;3-7H2,1-2H3;1-2H3. The highest BCUT2D eigenvalue weighted by Crippen LogP contribution is 2.40. The number of benzene rings is 2. The number of amides is 1. The second kappa shape index (κ2) is 18.3. The van der Waals surface area contributed by atoms with E-state index in [2.05, 4.69) is 32.7 Å². The molecular formula is C31H47ClF2N2O. The Morgan fingerprint density at radius 3 is 2.11 bits per heavy atom. The Bertz CT molecular complexity index is 913. The topological polar surface area (TPSA) is 23.6 Å². The van der Waals surface area contributed by atoms with Crippen LogP contribution in [0.4, 0.5) is 14.5 Å². The van der Waals surface area contributed by atoms with Gasteiger partial charge in [-0.15, -0.1) is 0 Å². The molecule has 1 unspecified atom stereocenters. The van der Waals surface area contributed by atoms with E-state index in [9.17, 15) is 13.6 Å². The van der Waals surface area contributed by atoms with Crippen molar-refractivity contribution in [2.75, 3.05) is 31.6 Å². The van der Waals surface area contributed by atoms with Crippen LogP contribution in [0.15, 0.2) is 36.4 Å². The molecule has 6 heteroatoms. The van der Waals surface area contributed by atoms with E-state index in [-0.39, 0.29) is 5.92 Å². The molecule has 3 rings (SSSR count). The highest BCUT2D eigenvalue weighted by molar-refractivity contribution is 6.30. The summed E-state index contributed by atoms with van der Waals surface area (Å²) in [4.78, 5) is 16.7. The molecule has 0 N–H and O–H groups in total. The number of carbonyl (C=O) groups is 1. The molecule has 0 saturated carbocycles. The van der Waals surface area contributed by atoms with Crippen LogP contribution in [0.5, 0.6) is 0 Å². The quantitative estimate of drug-likeness (QED) is 0.267. The summed E-state index contributed by atoms with van der Waals surface area (Å²) in [6, 6.07) is 8.79. The number of hydrogen-bond donors (Lipinski definition) is 0. The number of carbonyl (C=O) groups excluding carboxylic acids is 1. The zero-order valence-corrected chi connectivity index (χ0v) is 24.5. The molecule has 1 amide bonds. The van der Waals surface area contributed by atoms with E-state index in [1.807, 2.05) is 19.9 Å². The molecule has 0 bridgehead atoms. The van der Waals surface area contributed by atoms with Crippen LogP contribution < -0.4 is 4.90 Å². The third kappa shape index (κ3) is 10.4. The van der Waals surface area contributed by atoms with Gasteiger partial charge in [0.25, 0.3) is 5.91 Å². The van der Waals surface area contributed by atoms with Gasteiger partial charge in [-0.1, -0.05) is 90.8 Å². The van der Waals surface area contributed by atoms with E-state index in [0.717, 1.165) is 50.0 Å². The molecule has 1 atom stereocenters. The molecule has 0 aliphatic carbocycles. The Labute approximate surface area is 229 Å². The number of nitrogens with zero attached hydrogens (tertiary/aromatic N) is 2. The van der Waals surface area contributed by atoms with Gasteiger partial charge in [0.2, 0.25) is 0 Å². The van der Waals surface area contributed by atoms with Crippen molar-refractivity contribution < 1.29 is 13.6 Å². The number of halogens is 3. The average Bonchev–Trinajstić information content (AvgIpc) is 3.25. The van der Waals surface area contributed by atoms with Gasteiger partial charge in [0.05, 0.1) is 0 Å². The smallest absolute Gasteiger partial charge is 0.264 e. The summed E-state index contributed by atoms with van der Waals surface area (Å²) in [5, 5.41) is 0.592. The first kappa shape index (κ1) is 33.0. The van der Waals surface area contributed by atoms with E-state index in [1.165, 1.54) is 43.1 Å². The first-order valence-corrected chi connectivity index (χ1v) is 14.5. The maximum atomic E-state index is 14.1. The Morgan fingerprint density at radius 1 is 0.946 bits per heavy atom. The van der Waals surface area contributed by atoms with Crippen LogP contribution in [-0.4, -0.2) is 37.5 Å². The van der Waals surface area contributed by atoms with Gasteiger partial charge in [0.1, 0.15) is 17.2 Å². The molecule has 1 heterocycles. The monoisotopic (exact) mass is 536 g/mol. The molecule has 0 saturated heterocycles. The Morgan fingerprint density at radius 2 is 1.54 bits per heavy atom. The van der Waals surface area contributed by atoms with Gasteiger partial charge < -0.3 is 9.80 Å². The highest BCUT2D eigenvalue weighted by atomic mass is 35.5. The summed E-state index contributed by atoms with van der Waals surface area (Å²) < 4.78 is 28.3. The maximum absolute atomic E-state index is 14.1. The van der Waals surface area contributed by atoms with Gasteiger partial charge in [-0.3, -0.25) is 4.79 Å². The van der Waals surface area contributed by atoms with Gasteiger partial charge in [0.15, 0.2) is 0 Å². The van der Waals surface area contributed by atoms with E-state index in [0.29, 0.717) is 17.3 Å². The summed E-state index contributed by atoms with van der Waals surface area (Å²) in [6.45, 7) is 12.9. The van der Waals surface area contributed by atoms with Crippen molar-refractivity contribution in [3.05, 3.63) is 64.2 Å². The van der Waals surface area contributed by atoms with Crippen molar-refractivity contribution in [2.45, 2.75) is 91.9 Å². The molecule has 0 aromatic heterocycles. The van der Waals surface area contributed by atoms with E-state index in [4.69, 9.17) is 11.6 Å². The van der Waals surface area contributed by atoms with Crippen LogP contribution in [0, 0.1) is 11.6 Å². The fourth-order valence-electron chi connectivity index (χ4n) is 4.38. The van der Waals surface area contributed by atoms with Gasteiger partial charge in [-0.05, 0) is 68.9 Å². The third-order valence-corrected chi connectivity index (χ3v) is 6.74. The molecule has 37 heavy (non-hydrogen) atoms. The highest BCUT2D eigenvalue weighted by Gasteiger charge is 2.35. The second-order valence-corrected chi connectivity index (χ2v) is 9.86. The molecule has 0 spiro atoms. The molecule has 0 fully saturated rings. The summed E-state index contributed by atoms with van der Waals surface area (Å²) in [5.74, 6) is -2.26. The fraction of sp³-hybridized carbons (Fsp3) is 0.581. The molecule has 208 valence electrons. The largest absolute Gasteiger partial charge is 0.307 e. The summed E-state index contributed by atoms with van der Waals surface area (Å²) in [6.07, 6.45) is 10.1. The minimum absolute atomic E-state index is 0.0801. The SMILES string of the molecule is CC.CCCCCCC.CCCCN(C)CCC1CN(C(=O)c2c(F)cccc2F)c2ccc(Cl)cc21. The minimum Gasteiger partial charge on any atom is -0.307 e. The van der Waals surface area contributed by atoms with Gasteiger partial charge in [0, 0.05) is 23.2 Å². The molecule has 1 aliphatic heterocycles. The molecule has 0 radical (unpaired) electrons. The van der Waals surface area contributed by atoms with Crippen molar-refractivity contribution in [2.24, 2.45) is 0 Å². The number of unbranched alkanes of at least 4 members (excludes halogenated alkanes) is 5. The van der Waals surface area contributed by atoms with Crippen molar-refractivity contribution in [3.63, 3.8) is 0 Å². The van der Waals surface area contributed by atoms with Gasteiger partial charge in [-0.25, -0.2) is 8.78 Å². The predicted octanol–water partition coefficient (Wildman–Crippen LogP) is 9.49. The second-order valence-electron chi connectivity index (χ2n) is 9.42. The zero-order valence-electron chi connectivity index (χ0n) is 23.8. The molecular weight excluding hydrogens is 490 g/mol. The lowest BCUT2D eigenvalue weighted by Crippen LogP contribution is -2.32. The lowest BCUT2D eigenvalue weighted by molar-refractivity contribution is 0.0979. The fourth-order valence-corrected chi connectivity index (χ4v) is 4.56. The summed E-state index contributed by atoms with van der Waals surface area (Å²) >= 11 is 6.18. The zero-order chi connectivity index (χ0) is 27.8. The Kier molecular flexibility index (Phi) is 16.3. The molecule has 2 aromatic carbocycles. The average molecular weight is 537 g/mol. The van der Waals surface area contributed by atoms with Gasteiger partial charge >= 0.3 is 0 Å². The van der Waals surface area contributed by atoms with Crippen molar-refractivity contribution >= 4 is 23.2 Å². The Hall–Kier alpha value is -1.98. The van der Waals surface area contributed by atoms with Crippen LogP contribution in [0.2, 0.25) is 5.02 Å². The minimum atomic E-state index is -0.844. The summed E-state index contributed by atoms with van der Waals surface area (Å²) in [7, 11) is 2.08. The maximum Gasteiger partial charge on any atom is 0.264 e. The van der Waals surface area contributed by atoms with Crippen molar-refractivity contribution in [1.29, 1.82) is 0 Å². The van der Waals surface area contributed by atoms with E-state index in [1.54, 1.807) is 12.1 Å². The van der Waals surface area contributed by atoms with Crippen LogP contribution in [0.25, 0.3) is 0 Å². The number of hydrogen-bond acceptors (Lipinski definition) is 2. The molecule has 2 aromatic rings. The number of rotatable bonds is 11. The van der Waals surface area contributed by atoms with Crippen LogP contribution in [-0.2, 0) is 0 Å². The normalized spacial score (nSPS) is 14.0. The number of fused-ring (bicyclic) bond motifs is 1. The van der Waals surface area contributed by atoms with Crippen LogP contribution in [0.3, 0.4) is 0 Å². The van der Waals surface area contributed by atoms with Crippen molar-refractivity contribution in [3.8, 4) is 0 Å². The Balaban J connectivity index is 0.000000659. The predicted molar refractivity (Wildman–Crippen MR) is 155 cm³/mol. The molecule has 1 aliphatic rings. The van der Waals surface area contributed by atoms with E-state index < -0.39 is 23.1 Å². The third-order valence-electron chi connectivity index (χ3n) is 6.50.